The van der Waals surface area contributed by atoms with Gasteiger partial charge >= 0.3 is 0 Å². The van der Waals surface area contributed by atoms with Crippen molar-refractivity contribution in [2.24, 2.45) is 0 Å². The standard InChI is InChI=1S/C37H80N2O5.2ClH/c1-7-9-11-13-15-17-19-21-23-25-27-43-33-36(41)31-38(3,4)29-35(40)30-39(5,6)32-37(42)34-44-28-26-24-22-20-18-16-14-12-10-8-2;;/h35-37,40-42H,7-34H2,1-6H3;2*1H/q+2;;/p-2. The van der Waals surface area contributed by atoms with Crippen LogP contribution < -0.4 is 24.8 Å². The number of nitrogens with zero attached hydrogens (tertiary/aromatic N) is 2. The minimum atomic E-state index is -0.544. The zero-order chi connectivity index (χ0) is 32.9. The van der Waals surface area contributed by atoms with Gasteiger partial charge in [-0.2, -0.15) is 0 Å². The topological polar surface area (TPSA) is 79.2 Å². The van der Waals surface area contributed by atoms with Crippen molar-refractivity contribution in [3.05, 3.63) is 0 Å². The van der Waals surface area contributed by atoms with E-state index in [0.717, 1.165) is 12.8 Å². The number of halogens is 2. The minimum Gasteiger partial charge on any atom is -1.00 e. The van der Waals surface area contributed by atoms with Crippen LogP contribution in [-0.4, -0.2) is 123 Å². The van der Waals surface area contributed by atoms with E-state index in [-0.39, 0.29) is 24.8 Å². The van der Waals surface area contributed by atoms with Gasteiger partial charge in [0.25, 0.3) is 0 Å². The van der Waals surface area contributed by atoms with Gasteiger partial charge in [-0.05, 0) is 12.8 Å². The fraction of sp³-hybridized carbons (Fsp3) is 1.00. The summed E-state index contributed by atoms with van der Waals surface area (Å²) in [7, 11) is 8.19. The molecule has 0 saturated heterocycles. The van der Waals surface area contributed by atoms with E-state index < -0.39 is 18.3 Å². The van der Waals surface area contributed by atoms with Crippen molar-refractivity contribution in [1.29, 1.82) is 0 Å². The van der Waals surface area contributed by atoms with Crippen LogP contribution in [0.15, 0.2) is 0 Å². The molecular weight excluding hydrogens is 623 g/mol. The second-order valence-electron chi connectivity index (χ2n) is 15.1. The van der Waals surface area contributed by atoms with E-state index in [2.05, 4.69) is 13.8 Å². The van der Waals surface area contributed by atoms with E-state index in [9.17, 15) is 15.3 Å². The van der Waals surface area contributed by atoms with Crippen molar-refractivity contribution in [1.82, 2.24) is 0 Å². The zero-order valence-corrected chi connectivity index (χ0v) is 32.9. The average molecular weight is 704 g/mol. The van der Waals surface area contributed by atoms with E-state index in [1.165, 1.54) is 116 Å². The van der Waals surface area contributed by atoms with Gasteiger partial charge in [0.15, 0.2) is 6.10 Å². The molecule has 0 spiro atoms. The molecule has 0 amide bonds. The van der Waals surface area contributed by atoms with E-state index in [4.69, 9.17) is 9.47 Å². The highest BCUT2D eigenvalue weighted by Gasteiger charge is 2.30. The number of hydrogen-bond acceptors (Lipinski definition) is 5. The number of aliphatic hydroxyl groups excluding tert-OH is 3. The Bertz CT molecular complexity index is 566. The maximum absolute atomic E-state index is 10.9. The molecule has 3 N–H and O–H groups in total. The van der Waals surface area contributed by atoms with Gasteiger partial charge in [0, 0.05) is 13.2 Å². The summed E-state index contributed by atoms with van der Waals surface area (Å²) in [6.45, 7) is 8.81. The van der Waals surface area contributed by atoms with Crippen LogP contribution in [0.3, 0.4) is 0 Å². The van der Waals surface area contributed by atoms with Crippen LogP contribution in [-0.2, 0) is 9.47 Å². The SMILES string of the molecule is CCCCCCCCCCCCOCC(O)C[N+](C)(C)CC(O)C[N+](C)(C)CC(O)COCCCCCCCCCCCC.[Cl-].[Cl-]. The Morgan fingerprint density at radius 1 is 0.391 bits per heavy atom. The second kappa shape index (κ2) is 33.8. The number of aliphatic hydroxyl groups is 3. The molecule has 2 atom stereocenters. The molecule has 282 valence electrons. The Morgan fingerprint density at radius 2 is 0.630 bits per heavy atom. The fourth-order valence-corrected chi connectivity index (χ4v) is 6.42. The first-order chi connectivity index (χ1) is 21.0. The molecule has 0 fully saturated rings. The predicted molar refractivity (Wildman–Crippen MR) is 187 cm³/mol. The summed E-state index contributed by atoms with van der Waals surface area (Å²) in [6.07, 6.45) is 24.5. The summed E-state index contributed by atoms with van der Waals surface area (Å²) in [4.78, 5) is 0. The van der Waals surface area contributed by atoms with Gasteiger partial charge in [-0.3, -0.25) is 0 Å². The quantitative estimate of drug-likeness (QED) is 0.0692. The van der Waals surface area contributed by atoms with E-state index in [0.29, 0.717) is 61.6 Å². The summed E-state index contributed by atoms with van der Waals surface area (Å²) < 4.78 is 12.6. The van der Waals surface area contributed by atoms with Crippen molar-refractivity contribution >= 4 is 0 Å². The number of hydrogen-bond donors (Lipinski definition) is 3. The summed E-state index contributed by atoms with van der Waals surface area (Å²) in [5.74, 6) is 0. The lowest BCUT2D eigenvalue weighted by atomic mass is 10.1. The number of ether oxygens (including phenoxy) is 2. The number of quaternary nitrogens is 2. The van der Waals surface area contributed by atoms with E-state index in [1.807, 2.05) is 28.2 Å². The largest absolute Gasteiger partial charge is 1.00 e. The highest BCUT2D eigenvalue weighted by Crippen LogP contribution is 2.13. The second-order valence-corrected chi connectivity index (χ2v) is 15.1. The van der Waals surface area contributed by atoms with Crippen LogP contribution in [0.2, 0.25) is 0 Å². The highest BCUT2D eigenvalue weighted by atomic mass is 35.5. The van der Waals surface area contributed by atoms with Crippen molar-refractivity contribution in [2.75, 3.05) is 80.8 Å². The van der Waals surface area contributed by atoms with Gasteiger partial charge < -0.3 is 58.6 Å². The molecule has 0 aromatic rings. The average Bonchev–Trinajstić information content (AvgIpc) is 2.92. The van der Waals surface area contributed by atoms with Crippen molar-refractivity contribution in [3.8, 4) is 0 Å². The smallest absolute Gasteiger partial charge is 0.152 e. The molecule has 0 aromatic carbocycles. The van der Waals surface area contributed by atoms with Gasteiger partial charge in [0.05, 0.1) is 41.4 Å². The summed E-state index contributed by atoms with van der Waals surface area (Å²) in [5, 5.41) is 32.0. The Hall–Kier alpha value is 0.300. The van der Waals surface area contributed by atoms with Crippen LogP contribution in [0.1, 0.15) is 142 Å². The molecule has 0 heterocycles. The third kappa shape index (κ3) is 35.6. The van der Waals surface area contributed by atoms with E-state index in [1.54, 1.807) is 0 Å². The van der Waals surface area contributed by atoms with Crippen LogP contribution in [0.4, 0.5) is 0 Å². The summed E-state index contributed by atoms with van der Waals surface area (Å²) in [6, 6.07) is 0. The monoisotopic (exact) mass is 703 g/mol. The van der Waals surface area contributed by atoms with Crippen LogP contribution in [0.25, 0.3) is 0 Å². The molecule has 0 bridgehead atoms. The molecule has 9 heteroatoms. The van der Waals surface area contributed by atoms with Crippen LogP contribution in [0.5, 0.6) is 0 Å². The Labute approximate surface area is 299 Å². The normalized spacial score (nSPS) is 14.0. The minimum absolute atomic E-state index is 0. The molecule has 0 radical (unpaired) electrons. The van der Waals surface area contributed by atoms with Crippen LogP contribution >= 0.6 is 0 Å². The van der Waals surface area contributed by atoms with Gasteiger partial charge in [-0.15, -0.1) is 0 Å². The highest BCUT2D eigenvalue weighted by molar-refractivity contribution is 4.60. The lowest BCUT2D eigenvalue weighted by Gasteiger charge is -2.37. The lowest BCUT2D eigenvalue weighted by molar-refractivity contribution is -0.917. The number of unbranched alkanes of at least 4 members (excludes halogenated alkanes) is 18. The maximum Gasteiger partial charge on any atom is 0.152 e. The van der Waals surface area contributed by atoms with Crippen molar-refractivity contribution < 1.29 is 58.6 Å². The van der Waals surface area contributed by atoms with Crippen molar-refractivity contribution in [2.45, 2.75) is 161 Å². The Kier molecular flexibility index (Phi) is 37.2. The zero-order valence-electron chi connectivity index (χ0n) is 31.3. The van der Waals surface area contributed by atoms with Crippen LogP contribution in [0, 0.1) is 0 Å². The van der Waals surface area contributed by atoms with Gasteiger partial charge in [-0.25, -0.2) is 0 Å². The molecular formula is C37H80Cl2N2O5. The molecule has 0 aliphatic heterocycles. The Morgan fingerprint density at radius 3 is 0.913 bits per heavy atom. The van der Waals surface area contributed by atoms with Gasteiger partial charge in [0.2, 0.25) is 0 Å². The van der Waals surface area contributed by atoms with Crippen molar-refractivity contribution in [3.63, 3.8) is 0 Å². The maximum atomic E-state index is 10.9. The molecule has 0 saturated carbocycles. The molecule has 0 aliphatic rings. The third-order valence-electron chi connectivity index (χ3n) is 8.72. The predicted octanol–water partition coefficient (Wildman–Crippen LogP) is 1.10. The van der Waals surface area contributed by atoms with Gasteiger partial charge in [0.1, 0.15) is 38.4 Å². The molecule has 0 rings (SSSR count). The third-order valence-corrected chi connectivity index (χ3v) is 8.72. The fourth-order valence-electron chi connectivity index (χ4n) is 6.42. The molecule has 46 heavy (non-hydrogen) atoms. The summed E-state index contributed by atoms with van der Waals surface area (Å²) in [5.41, 5.74) is 0. The first-order valence-electron chi connectivity index (χ1n) is 18.8. The lowest BCUT2D eigenvalue weighted by Crippen LogP contribution is -3.00. The summed E-state index contributed by atoms with van der Waals surface area (Å²) >= 11 is 0. The Balaban J connectivity index is -0.00000924. The first kappa shape index (κ1) is 50.7. The van der Waals surface area contributed by atoms with Gasteiger partial charge in [-0.1, -0.05) is 129 Å². The number of likely N-dealkylation sites (N-methyl/N-ethyl adjacent to an activating group) is 2. The first-order valence-corrected chi connectivity index (χ1v) is 18.8. The molecule has 0 aromatic heterocycles. The van der Waals surface area contributed by atoms with E-state index >= 15 is 0 Å². The number of rotatable bonds is 34. The molecule has 7 nitrogen and oxygen atoms in total. The molecule has 2 unspecified atom stereocenters. The molecule has 0 aliphatic carbocycles.